The number of para-hydroxylation sites is 1. The average Bonchev–Trinajstić information content (AvgIpc) is 2.73. The molecule has 0 N–H and O–H groups in total. The van der Waals surface area contributed by atoms with Crippen LogP contribution in [0, 0.1) is 17.1 Å². The molecule has 0 unspecified atom stereocenters. The zero-order chi connectivity index (χ0) is 19.8. The fourth-order valence-electron chi connectivity index (χ4n) is 2.42. The van der Waals surface area contributed by atoms with E-state index in [4.69, 9.17) is 9.47 Å². The minimum absolute atomic E-state index is 0.0129. The van der Waals surface area contributed by atoms with Crippen molar-refractivity contribution >= 4 is 17.7 Å². The Morgan fingerprint density at radius 2 is 1.61 bits per heavy atom. The molecule has 0 spiro atoms. The van der Waals surface area contributed by atoms with Gasteiger partial charge in [-0.15, -0.1) is 0 Å². The summed E-state index contributed by atoms with van der Waals surface area (Å²) in [6, 6.07) is 22.4. The van der Waals surface area contributed by atoms with Gasteiger partial charge in [-0.3, -0.25) is 0 Å². The molecule has 3 rings (SSSR count). The third-order valence-corrected chi connectivity index (χ3v) is 4.90. The average molecular weight is 393 g/mol. The number of nitriles is 1. The lowest BCUT2D eigenvalue weighted by Crippen LogP contribution is -2.13. The number of carbonyl (C=O) groups is 1. The summed E-state index contributed by atoms with van der Waals surface area (Å²) in [5.74, 6) is -0.857. The van der Waals surface area contributed by atoms with E-state index in [1.54, 1.807) is 42.5 Å². The van der Waals surface area contributed by atoms with Crippen molar-refractivity contribution in [2.45, 2.75) is 9.79 Å². The molecule has 0 aliphatic rings. The van der Waals surface area contributed by atoms with Crippen LogP contribution in [0.2, 0.25) is 0 Å². The van der Waals surface area contributed by atoms with Crippen LogP contribution in [0.4, 0.5) is 4.39 Å². The molecule has 0 heterocycles. The summed E-state index contributed by atoms with van der Waals surface area (Å²) in [6.07, 6.45) is 0. The lowest BCUT2D eigenvalue weighted by molar-refractivity contribution is 0.0444. The Labute approximate surface area is 166 Å². The molecule has 6 heteroatoms. The van der Waals surface area contributed by atoms with E-state index in [1.807, 2.05) is 18.2 Å². The van der Waals surface area contributed by atoms with Gasteiger partial charge in [0, 0.05) is 9.79 Å². The van der Waals surface area contributed by atoms with E-state index in [9.17, 15) is 14.4 Å². The molecule has 3 aromatic rings. The largest absolute Gasteiger partial charge is 0.487 e. The number of hydrogen-bond donors (Lipinski definition) is 0. The molecule has 0 saturated carbocycles. The fraction of sp³-hybridized carbons (Fsp3) is 0.0909. The molecule has 140 valence electrons. The molecule has 0 aromatic heterocycles. The minimum Gasteiger partial charge on any atom is -0.487 e. The number of ether oxygens (including phenoxy) is 2. The van der Waals surface area contributed by atoms with Gasteiger partial charge >= 0.3 is 5.97 Å². The van der Waals surface area contributed by atoms with Gasteiger partial charge in [-0.05, 0) is 36.4 Å². The molecule has 28 heavy (non-hydrogen) atoms. The van der Waals surface area contributed by atoms with E-state index >= 15 is 0 Å². The Morgan fingerprint density at radius 3 is 2.39 bits per heavy atom. The minimum atomic E-state index is -0.505. The van der Waals surface area contributed by atoms with E-state index in [2.05, 4.69) is 6.07 Å². The summed E-state index contributed by atoms with van der Waals surface area (Å²) < 4.78 is 24.0. The van der Waals surface area contributed by atoms with E-state index in [1.165, 1.54) is 23.9 Å². The highest BCUT2D eigenvalue weighted by Gasteiger charge is 2.15. The van der Waals surface area contributed by atoms with E-state index in [-0.39, 0.29) is 19.0 Å². The Bertz CT molecular complexity index is 1020. The van der Waals surface area contributed by atoms with Crippen LogP contribution < -0.4 is 4.74 Å². The van der Waals surface area contributed by atoms with Crippen molar-refractivity contribution in [1.29, 1.82) is 5.26 Å². The van der Waals surface area contributed by atoms with Crippen LogP contribution in [0.1, 0.15) is 15.9 Å². The van der Waals surface area contributed by atoms with E-state index in [0.717, 1.165) is 4.90 Å². The summed E-state index contributed by atoms with van der Waals surface area (Å²) in [7, 11) is 0. The lowest BCUT2D eigenvalue weighted by atomic mass is 10.2. The van der Waals surface area contributed by atoms with Crippen molar-refractivity contribution in [1.82, 2.24) is 0 Å². The van der Waals surface area contributed by atoms with Crippen molar-refractivity contribution in [2.24, 2.45) is 0 Å². The highest BCUT2D eigenvalue weighted by atomic mass is 32.2. The molecule has 0 saturated heterocycles. The topological polar surface area (TPSA) is 59.3 Å². The first-order valence-electron chi connectivity index (χ1n) is 8.49. The highest BCUT2D eigenvalue weighted by molar-refractivity contribution is 7.99. The first kappa shape index (κ1) is 19.5. The maximum absolute atomic E-state index is 13.5. The molecule has 3 aromatic carbocycles. The SMILES string of the molecule is N#Cc1ccccc1Sc1ccccc1C(=O)OCCOc1ccccc1F. The molecule has 0 bridgehead atoms. The van der Waals surface area contributed by atoms with Gasteiger partial charge < -0.3 is 9.47 Å². The number of carbonyl (C=O) groups excluding carboxylic acids is 1. The molecular formula is C22H16FNO3S. The molecular weight excluding hydrogens is 377 g/mol. The quantitative estimate of drug-likeness (QED) is 0.414. The molecule has 0 atom stereocenters. The van der Waals surface area contributed by atoms with Gasteiger partial charge in [-0.2, -0.15) is 5.26 Å². The van der Waals surface area contributed by atoms with Gasteiger partial charge in [0.05, 0.1) is 11.1 Å². The van der Waals surface area contributed by atoms with Gasteiger partial charge in [-0.1, -0.05) is 48.2 Å². The van der Waals surface area contributed by atoms with Crippen LogP contribution in [0.25, 0.3) is 0 Å². The Hall–Kier alpha value is -3.30. The van der Waals surface area contributed by atoms with Gasteiger partial charge in [0.2, 0.25) is 0 Å². The van der Waals surface area contributed by atoms with Gasteiger partial charge in [0.25, 0.3) is 0 Å². The molecule has 0 aliphatic heterocycles. The van der Waals surface area contributed by atoms with Gasteiger partial charge in [0.15, 0.2) is 11.6 Å². The van der Waals surface area contributed by atoms with Crippen LogP contribution in [0.3, 0.4) is 0 Å². The molecule has 0 radical (unpaired) electrons. The van der Waals surface area contributed by atoms with Crippen molar-refractivity contribution in [3.8, 4) is 11.8 Å². The molecule has 0 aliphatic carbocycles. The number of esters is 1. The number of hydrogen-bond acceptors (Lipinski definition) is 5. The zero-order valence-electron chi connectivity index (χ0n) is 14.8. The number of halogens is 1. The smallest absolute Gasteiger partial charge is 0.339 e. The van der Waals surface area contributed by atoms with Crippen LogP contribution in [-0.4, -0.2) is 19.2 Å². The first-order valence-corrected chi connectivity index (χ1v) is 9.31. The normalized spacial score (nSPS) is 10.1. The monoisotopic (exact) mass is 393 g/mol. The van der Waals surface area contributed by atoms with Crippen molar-refractivity contribution < 1.29 is 18.7 Å². The summed E-state index contributed by atoms with van der Waals surface area (Å²) in [5.41, 5.74) is 0.931. The maximum atomic E-state index is 13.5. The third-order valence-electron chi connectivity index (χ3n) is 3.75. The Morgan fingerprint density at radius 1 is 0.929 bits per heavy atom. The standard InChI is InChI=1S/C22H16FNO3S/c23-18-9-3-4-10-19(18)26-13-14-27-22(25)17-8-2-6-12-21(17)28-20-11-5-1-7-16(20)15-24/h1-12H,13-14H2. The summed E-state index contributed by atoms with van der Waals surface area (Å²) >= 11 is 1.33. The van der Waals surface area contributed by atoms with E-state index in [0.29, 0.717) is 16.0 Å². The van der Waals surface area contributed by atoms with Crippen LogP contribution in [-0.2, 0) is 4.74 Å². The summed E-state index contributed by atoms with van der Waals surface area (Å²) in [6.45, 7) is 0.0280. The predicted molar refractivity (Wildman–Crippen MR) is 104 cm³/mol. The molecule has 0 fully saturated rings. The number of rotatable bonds is 7. The Balaban J connectivity index is 1.63. The first-order chi connectivity index (χ1) is 13.7. The lowest BCUT2D eigenvalue weighted by Gasteiger charge is -2.11. The van der Waals surface area contributed by atoms with E-state index < -0.39 is 11.8 Å². The number of benzene rings is 3. The van der Waals surface area contributed by atoms with Crippen LogP contribution in [0.5, 0.6) is 5.75 Å². The van der Waals surface area contributed by atoms with Crippen molar-refractivity contribution in [3.63, 3.8) is 0 Å². The second-order valence-corrected chi connectivity index (χ2v) is 6.70. The van der Waals surface area contributed by atoms with Gasteiger partial charge in [0.1, 0.15) is 19.3 Å². The van der Waals surface area contributed by atoms with Crippen LogP contribution >= 0.6 is 11.8 Å². The third kappa shape index (κ3) is 4.90. The fourth-order valence-corrected chi connectivity index (χ4v) is 3.43. The number of nitrogens with zero attached hydrogens (tertiary/aromatic N) is 1. The summed E-state index contributed by atoms with van der Waals surface area (Å²) in [4.78, 5) is 13.9. The van der Waals surface area contributed by atoms with Crippen molar-refractivity contribution in [3.05, 3.63) is 89.7 Å². The Kier molecular flexibility index (Phi) is 6.66. The molecule has 4 nitrogen and oxygen atoms in total. The summed E-state index contributed by atoms with van der Waals surface area (Å²) in [5, 5.41) is 9.24. The van der Waals surface area contributed by atoms with Crippen LogP contribution in [0.15, 0.2) is 82.6 Å². The van der Waals surface area contributed by atoms with Crippen molar-refractivity contribution in [2.75, 3.05) is 13.2 Å². The van der Waals surface area contributed by atoms with Gasteiger partial charge in [-0.25, -0.2) is 9.18 Å². The second-order valence-electron chi connectivity index (χ2n) is 5.62. The zero-order valence-corrected chi connectivity index (χ0v) is 15.6. The predicted octanol–water partition coefficient (Wildman–Crippen LogP) is 5.08. The molecule has 0 amide bonds. The maximum Gasteiger partial charge on any atom is 0.339 e. The second kappa shape index (κ2) is 9.58. The highest BCUT2D eigenvalue weighted by Crippen LogP contribution is 2.32.